The SMILES string of the molecule is Cc1ccc(C)c(S(=O)(=O)C2(C(=O)N3CCNCC3)CCCC2)c1. The van der Waals surface area contributed by atoms with Crippen LogP contribution in [-0.4, -0.2) is 50.2 Å². The molecule has 1 N–H and O–H groups in total. The monoisotopic (exact) mass is 350 g/mol. The highest BCUT2D eigenvalue weighted by atomic mass is 32.2. The van der Waals surface area contributed by atoms with E-state index in [1.807, 2.05) is 26.0 Å². The number of nitrogens with zero attached hydrogens (tertiary/aromatic N) is 1. The van der Waals surface area contributed by atoms with Gasteiger partial charge < -0.3 is 10.2 Å². The molecule has 1 amide bonds. The third kappa shape index (κ3) is 2.75. The van der Waals surface area contributed by atoms with Crippen LogP contribution in [0.2, 0.25) is 0 Å². The van der Waals surface area contributed by atoms with E-state index in [0.717, 1.165) is 37.1 Å². The first-order valence-corrected chi connectivity index (χ1v) is 10.2. The van der Waals surface area contributed by atoms with Gasteiger partial charge in [-0.05, 0) is 43.9 Å². The molecule has 1 aliphatic heterocycles. The van der Waals surface area contributed by atoms with Crippen molar-refractivity contribution in [3.05, 3.63) is 29.3 Å². The molecule has 0 atom stereocenters. The van der Waals surface area contributed by atoms with Gasteiger partial charge in [0.25, 0.3) is 0 Å². The molecule has 5 nitrogen and oxygen atoms in total. The van der Waals surface area contributed by atoms with Crippen molar-refractivity contribution in [2.24, 2.45) is 0 Å². The molecule has 0 aromatic heterocycles. The maximum Gasteiger partial charge on any atom is 0.244 e. The maximum atomic E-state index is 13.6. The van der Waals surface area contributed by atoms with Crippen molar-refractivity contribution in [3.63, 3.8) is 0 Å². The molecule has 132 valence electrons. The van der Waals surface area contributed by atoms with Crippen LogP contribution < -0.4 is 5.32 Å². The second-order valence-electron chi connectivity index (χ2n) is 7.02. The second kappa shape index (κ2) is 6.48. The zero-order valence-electron chi connectivity index (χ0n) is 14.5. The molecule has 2 aliphatic rings. The molecule has 24 heavy (non-hydrogen) atoms. The van der Waals surface area contributed by atoms with E-state index >= 15 is 0 Å². The third-order valence-corrected chi connectivity index (χ3v) is 7.98. The lowest BCUT2D eigenvalue weighted by Gasteiger charge is -2.36. The first-order chi connectivity index (χ1) is 11.4. The quantitative estimate of drug-likeness (QED) is 0.903. The van der Waals surface area contributed by atoms with Crippen molar-refractivity contribution in [2.45, 2.75) is 49.2 Å². The van der Waals surface area contributed by atoms with Crippen molar-refractivity contribution >= 4 is 15.7 Å². The van der Waals surface area contributed by atoms with Crippen LogP contribution in [0.5, 0.6) is 0 Å². The van der Waals surface area contributed by atoms with Gasteiger partial charge in [-0.3, -0.25) is 4.79 Å². The smallest absolute Gasteiger partial charge is 0.244 e. The number of nitrogens with one attached hydrogen (secondary N) is 1. The van der Waals surface area contributed by atoms with Gasteiger partial charge in [-0.25, -0.2) is 8.42 Å². The molecular formula is C18H26N2O3S. The van der Waals surface area contributed by atoms with E-state index in [1.54, 1.807) is 11.0 Å². The summed E-state index contributed by atoms with van der Waals surface area (Å²) in [7, 11) is -3.71. The van der Waals surface area contributed by atoms with Crippen molar-refractivity contribution in [3.8, 4) is 0 Å². The lowest BCUT2D eigenvalue weighted by molar-refractivity contribution is -0.134. The van der Waals surface area contributed by atoms with Crippen molar-refractivity contribution in [1.82, 2.24) is 10.2 Å². The summed E-state index contributed by atoms with van der Waals surface area (Å²) in [5, 5.41) is 3.22. The maximum absolute atomic E-state index is 13.6. The summed E-state index contributed by atoms with van der Waals surface area (Å²) in [5.41, 5.74) is 1.63. The minimum Gasteiger partial charge on any atom is -0.339 e. The minimum atomic E-state index is -3.71. The van der Waals surface area contributed by atoms with Crippen molar-refractivity contribution < 1.29 is 13.2 Å². The normalized spacial score (nSPS) is 21.0. The molecule has 0 bridgehead atoms. The molecule has 1 aliphatic carbocycles. The predicted octanol–water partition coefficient (Wildman–Crippen LogP) is 1.82. The number of carbonyl (C=O) groups excluding carboxylic acids is 1. The zero-order chi connectivity index (χ0) is 17.4. The van der Waals surface area contributed by atoms with Gasteiger partial charge in [-0.15, -0.1) is 0 Å². The van der Waals surface area contributed by atoms with E-state index in [-0.39, 0.29) is 5.91 Å². The zero-order valence-corrected chi connectivity index (χ0v) is 15.3. The average molecular weight is 350 g/mol. The molecule has 1 aromatic rings. The molecule has 0 radical (unpaired) electrons. The van der Waals surface area contributed by atoms with Gasteiger partial charge >= 0.3 is 0 Å². The van der Waals surface area contributed by atoms with Crippen molar-refractivity contribution in [2.75, 3.05) is 26.2 Å². The first-order valence-electron chi connectivity index (χ1n) is 8.70. The molecule has 0 spiro atoms. The summed E-state index contributed by atoms with van der Waals surface area (Å²) in [6, 6.07) is 5.46. The molecule has 0 unspecified atom stereocenters. The van der Waals surface area contributed by atoms with E-state index in [1.165, 1.54) is 0 Å². The second-order valence-corrected chi connectivity index (χ2v) is 9.24. The Labute approximate surface area is 144 Å². The van der Waals surface area contributed by atoms with Gasteiger partial charge in [0.15, 0.2) is 14.6 Å². The van der Waals surface area contributed by atoms with Gasteiger partial charge in [-0.1, -0.05) is 25.0 Å². The van der Waals surface area contributed by atoms with Gasteiger partial charge in [-0.2, -0.15) is 0 Å². The van der Waals surface area contributed by atoms with Crippen LogP contribution in [0.4, 0.5) is 0 Å². The number of hydrogen-bond acceptors (Lipinski definition) is 4. The highest BCUT2D eigenvalue weighted by Gasteiger charge is 2.54. The topological polar surface area (TPSA) is 66.5 Å². The molecule has 6 heteroatoms. The number of carbonyl (C=O) groups is 1. The highest BCUT2D eigenvalue weighted by Crippen LogP contribution is 2.43. The van der Waals surface area contributed by atoms with E-state index < -0.39 is 14.6 Å². The van der Waals surface area contributed by atoms with Crippen LogP contribution >= 0.6 is 0 Å². The van der Waals surface area contributed by atoms with Crippen LogP contribution in [0.15, 0.2) is 23.1 Å². The number of hydrogen-bond donors (Lipinski definition) is 1. The number of amides is 1. The fourth-order valence-corrected chi connectivity index (χ4v) is 6.35. The largest absolute Gasteiger partial charge is 0.339 e. The number of aryl methyl sites for hydroxylation is 2. The molecule has 1 heterocycles. The molecule has 3 rings (SSSR count). The summed E-state index contributed by atoms with van der Waals surface area (Å²) in [6.45, 7) is 6.32. The first kappa shape index (κ1) is 17.4. The van der Waals surface area contributed by atoms with Gasteiger partial charge in [0.05, 0.1) is 4.90 Å². The lowest BCUT2D eigenvalue weighted by atomic mass is 10.0. The summed E-state index contributed by atoms with van der Waals surface area (Å²) in [6.07, 6.45) is 2.46. The van der Waals surface area contributed by atoms with E-state index in [4.69, 9.17) is 0 Å². The minimum absolute atomic E-state index is 0.192. The Bertz CT molecular complexity index is 731. The predicted molar refractivity (Wildman–Crippen MR) is 93.8 cm³/mol. The van der Waals surface area contributed by atoms with Crippen LogP contribution in [0.3, 0.4) is 0 Å². The van der Waals surface area contributed by atoms with Crippen LogP contribution in [-0.2, 0) is 14.6 Å². The molecule has 1 saturated heterocycles. The van der Waals surface area contributed by atoms with Crippen LogP contribution in [0.1, 0.15) is 36.8 Å². The standard InChI is InChI=1S/C18H26N2O3S/c1-14-5-6-15(2)16(13-14)24(22,23)18(7-3-4-8-18)17(21)20-11-9-19-10-12-20/h5-6,13,19H,3-4,7-12H2,1-2H3. The number of sulfone groups is 1. The Kier molecular flexibility index (Phi) is 4.71. The van der Waals surface area contributed by atoms with Gasteiger partial charge in [0.2, 0.25) is 5.91 Å². The molecular weight excluding hydrogens is 324 g/mol. The number of piperazine rings is 1. The molecule has 1 saturated carbocycles. The Morgan fingerprint density at radius 3 is 2.38 bits per heavy atom. The lowest BCUT2D eigenvalue weighted by Crippen LogP contribution is -2.57. The molecule has 1 aromatic carbocycles. The Hall–Kier alpha value is -1.40. The highest BCUT2D eigenvalue weighted by molar-refractivity contribution is 7.93. The summed E-state index contributed by atoms with van der Waals surface area (Å²) in [4.78, 5) is 15.3. The number of benzene rings is 1. The van der Waals surface area contributed by atoms with E-state index in [0.29, 0.717) is 30.8 Å². The fourth-order valence-electron chi connectivity index (χ4n) is 3.91. The van der Waals surface area contributed by atoms with Crippen molar-refractivity contribution in [1.29, 1.82) is 0 Å². The van der Waals surface area contributed by atoms with Gasteiger partial charge in [0.1, 0.15) is 0 Å². The summed E-state index contributed by atoms with van der Waals surface area (Å²) >= 11 is 0. The summed E-state index contributed by atoms with van der Waals surface area (Å²) in [5.74, 6) is -0.192. The Balaban J connectivity index is 2.06. The summed E-state index contributed by atoms with van der Waals surface area (Å²) < 4.78 is 25.8. The van der Waals surface area contributed by atoms with E-state index in [2.05, 4.69) is 5.32 Å². The Morgan fingerprint density at radius 2 is 1.75 bits per heavy atom. The van der Waals surface area contributed by atoms with Crippen LogP contribution in [0.25, 0.3) is 0 Å². The average Bonchev–Trinajstić information content (AvgIpc) is 3.08. The Morgan fingerprint density at radius 1 is 1.12 bits per heavy atom. The molecule has 2 fully saturated rings. The van der Waals surface area contributed by atoms with Gasteiger partial charge in [0, 0.05) is 26.2 Å². The van der Waals surface area contributed by atoms with Crippen LogP contribution in [0, 0.1) is 13.8 Å². The number of rotatable bonds is 3. The van der Waals surface area contributed by atoms with E-state index in [9.17, 15) is 13.2 Å². The third-order valence-electron chi connectivity index (χ3n) is 5.35. The fraction of sp³-hybridized carbons (Fsp3) is 0.611.